The van der Waals surface area contributed by atoms with Crippen molar-refractivity contribution >= 4 is 33.2 Å². The van der Waals surface area contributed by atoms with Crippen LogP contribution in [-0.2, 0) is 5.60 Å². The molecule has 4 aromatic rings. The molecule has 1 saturated carbocycles. The Morgan fingerprint density at radius 3 is 2.90 bits per heavy atom. The van der Waals surface area contributed by atoms with Crippen LogP contribution >= 0.6 is 11.3 Å². The summed E-state index contributed by atoms with van der Waals surface area (Å²) < 4.78 is 1.01. The molecule has 2 bridgehead atoms. The third kappa shape index (κ3) is 3.18. The maximum Gasteiger partial charge on any atom is 0.143 e. The normalized spacial score (nSPS) is 24.7. The van der Waals surface area contributed by atoms with Gasteiger partial charge >= 0.3 is 0 Å². The highest BCUT2D eigenvalue weighted by molar-refractivity contribution is 7.21. The zero-order valence-corrected chi connectivity index (χ0v) is 17.9. The standard InChI is InChI=1S/C23H22N6OS/c1-13-4-3-7-24-21(13)22-27-16-9-20(26-12-17(16)31-22)29-19-6-2-5-18(28-19)23(30)10-15-8-14(23)11-25-15/h2-7,9,12,14-15,25,30H,8,10-11H2,1H3,(H,26,28,29)/t14?,15-,23?/m0/s1. The fraction of sp³-hybridized carbons (Fsp3) is 0.304. The van der Waals surface area contributed by atoms with Gasteiger partial charge in [-0.3, -0.25) is 4.98 Å². The minimum Gasteiger partial charge on any atom is -0.383 e. The molecular formula is C23H22N6OS. The number of nitrogens with zero attached hydrogens (tertiary/aromatic N) is 4. The van der Waals surface area contributed by atoms with E-state index in [1.54, 1.807) is 17.5 Å². The van der Waals surface area contributed by atoms with Crippen LogP contribution in [0.15, 0.2) is 48.8 Å². The highest BCUT2D eigenvalue weighted by atomic mass is 32.1. The SMILES string of the molecule is Cc1cccnc1-c1nc2cc(Nc3cccc(C4(O)C[C@@H]5CC4CN5)n3)ncc2s1. The molecule has 1 aliphatic heterocycles. The van der Waals surface area contributed by atoms with Crippen LogP contribution in [0, 0.1) is 12.8 Å². The minimum absolute atomic E-state index is 0.221. The van der Waals surface area contributed by atoms with Gasteiger partial charge in [-0.05, 0) is 43.5 Å². The Morgan fingerprint density at radius 2 is 2.10 bits per heavy atom. The summed E-state index contributed by atoms with van der Waals surface area (Å²) >= 11 is 1.59. The summed E-state index contributed by atoms with van der Waals surface area (Å²) in [5, 5.41) is 18.9. The molecule has 2 unspecified atom stereocenters. The number of piperidine rings is 1. The Hall–Kier alpha value is -2.94. The first-order valence-corrected chi connectivity index (χ1v) is 11.3. The van der Waals surface area contributed by atoms with Gasteiger partial charge in [0.2, 0.25) is 0 Å². The van der Waals surface area contributed by atoms with E-state index in [0.717, 1.165) is 45.1 Å². The molecule has 3 N–H and O–H groups in total. The van der Waals surface area contributed by atoms with Gasteiger partial charge in [-0.1, -0.05) is 12.1 Å². The summed E-state index contributed by atoms with van der Waals surface area (Å²) in [6.07, 6.45) is 5.34. The maximum atomic E-state index is 11.3. The minimum atomic E-state index is -0.852. The number of hydrogen-bond acceptors (Lipinski definition) is 8. The number of thiazole rings is 1. The van der Waals surface area contributed by atoms with Crippen LogP contribution in [-0.4, -0.2) is 37.6 Å². The molecule has 4 aromatic heterocycles. The van der Waals surface area contributed by atoms with E-state index < -0.39 is 5.60 Å². The number of hydrogen-bond donors (Lipinski definition) is 3. The van der Waals surface area contributed by atoms with E-state index in [0.29, 0.717) is 24.1 Å². The Balaban J connectivity index is 1.29. The second-order valence-electron chi connectivity index (χ2n) is 8.42. The summed E-state index contributed by atoms with van der Waals surface area (Å²) in [5.41, 5.74) is 2.75. The van der Waals surface area contributed by atoms with Crippen LogP contribution in [0.3, 0.4) is 0 Å². The first-order valence-electron chi connectivity index (χ1n) is 10.5. The first kappa shape index (κ1) is 18.8. The van der Waals surface area contributed by atoms with Crippen molar-refractivity contribution in [3.8, 4) is 10.7 Å². The van der Waals surface area contributed by atoms with E-state index in [9.17, 15) is 5.11 Å². The lowest BCUT2D eigenvalue weighted by molar-refractivity contribution is -0.0157. The second kappa shape index (κ2) is 7.05. The quantitative estimate of drug-likeness (QED) is 0.454. The molecule has 8 heteroatoms. The Kier molecular flexibility index (Phi) is 4.27. The van der Waals surface area contributed by atoms with Crippen LogP contribution in [0.4, 0.5) is 11.6 Å². The molecule has 2 aliphatic rings. The molecule has 31 heavy (non-hydrogen) atoms. The second-order valence-corrected chi connectivity index (χ2v) is 9.46. The Labute approximate surface area is 183 Å². The third-order valence-electron chi connectivity index (χ3n) is 6.39. The van der Waals surface area contributed by atoms with Gasteiger partial charge in [0.15, 0.2) is 0 Å². The van der Waals surface area contributed by atoms with E-state index in [1.165, 1.54) is 0 Å². The summed E-state index contributed by atoms with van der Waals surface area (Å²) in [6.45, 7) is 2.89. The Morgan fingerprint density at radius 1 is 1.16 bits per heavy atom. The van der Waals surface area contributed by atoms with Crippen molar-refractivity contribution in [2.24, 2.45) is 5.92 Å². The predicted molar refractivity (Wildman–Crippen MR) is 121 cm³/mol. The van der Waals surface area contributed by atoms with Crippen molar-refractivity contribution in [2.75, 3.05) is 11.9 Å². The van der Waals surface area contributed by atoms with E-state index in [1.807, 2.05) is 49.5 Å². The third-order valence-corrected chi connectivity index (χ3v) is 7.40. The molecule has 3 atom stereocenters. The topological polar surface area (TPSA) is 95.9 Å². The molecular weight excluding hydrogens is 408 g/mol. The van der Waals surface area contributed by atoms with Crippen molar-refractivity contribution in [1.29, 1.82) is 0 Å². The van der Waals surface area contributed by atoms with Crippen molar-refractivity contribution in [1.82, 2.24) is 25.3 Å². The summed E-state index contributed by atoms with van der Waals surface area (Å²) in [7, 11) is 0. The lowest BCUT2D eigenvalue weighted by atomic mass is 9.86. The number of aliphatic hydroxyl groups is 1. The van der Waals surface area contributed by atoms with Gasteiger partial charge in [0.1, 0.15) is 27.9 Å². The predicted octanol–water partition coefficient (Wildman–Crippen LogP) is 3.77. The van der Waals surface area contributed by atoms with Crippen molar-refractivity contribution in [3.63, 3.8) is 0 Å². The maximum absolute atomic E-state index is 11.3. The van der Waals surface area contributed by atoms with Crippen LogP contribution in [0.2, 0.25) is 0 Å². The zero-order chi connectivity index (χ0) is 21.0. The summed E-state index contributed by atoms with van der Waals surface area (Å²) in [5.74, 6) is 1.57. The van der Waals surface area contributed by atoms with Crippen molar-refractivity contribution in [3.05, 3.63) is 60.0 Å². The molecule has 156 valence electrons. The molecule has 2 fully saturated rings. The molecule has 0 radical (unpaired) electrons. The van der Waals surface area contributed by atoms with Gasteiger partial charge in [-0.2, -0.15) is 0 Å². The molecule has 0 spiro atoms. The van der Waals surface area contributed by atoms with Gasteiger partial charge in [-0.15, -0.1) is 11.3 Å². The van der Waals surface area contributed by atoms with Crippen LogP contribution < -0.4 is 10.6 Å². The van der Waals surface area contributed by atoms with E-state index in [2.05, 4.69) is 20.6 Å². The number of aromatic nitrogens is 4. The van der Waals surface area contributed by atoms with Gasteiger partial charge < -0.3 is 15.7 Å². The first-order chi connectivity index (χ1) is 15.1. The molecule has 0 amide bonds. The molecule has 7 nitrogen and oxygen atoms in total. The number of aryl methyl sites for hydroxylation is 1. The summed E-state index contributed by atoms with van der Waals surface area (Å²) in [4.78, 5) is 18.5. The van der Waals surface area contributed by atoms with E-state index >= 15 is 0 Å². The van der Waals surface area contributed by atoms with Crippen molar-refractivity contribution < 1.29 is 5.11 Å². The highest BCUT2D eigenvalue weighted by Gasteiger charge is 2.51. The lowest BCUT2D eigenvalue weighted by Gasteiger charge is -2.32. The monoisotopic (exact) mass is 430 g/mol. The zero-order valence-electron chi connectivity index (χ0n) is 17.0. The van der Waals surface area contributed by atoms with Gasteiger partial charge in [0, 0.05) is 37.0 Å². The number of fused-ring (bicyclic) bond motifs is 3. The molecule has 5 heterocycles. The van der Waals surface area contributed by atoms with Crippen molar-refractivity contribution in [2.45, 2.75) is 31.4 Å². The summed E-state index contributed by atoms with van der Waals surface area (Å²) in [6, 6.07) is 12.0. The molecule has 0 aromatic carbocycles. The van der Waals surface area contributed by atoms with Crippen LogP contribution in [0.25, 0.3) is 20.9 Å². The molecule has 1 saturated heterocycles. The number of pyridine rings is 3. The average Bonchev–Trinajstić information content (AvgIpc) is 3.48. The molecule has 1 aliphatic carbocycles. The largest absolute Gasteiger partial charge is 0.383 e. The average molecular weight is 431 g/mol. The lowest BCUT2D eigenvalue weighted by Crippen LogP contribution is -2.42. The fourth-order valence-electron chi connectivity index (χ4n) is 4.78. The smallest absolute Gasteiger partial charge is 0.143 e. The highest BCUT2D eigenvalue weighted by Crippen LogP contribution is 2.46. The number of nitrogens with one attached hydrogen (secondary N) is 2. The van der Waals surface area contributed by atoms with E-state index in [-0.39, 0.29) is 5.92 Å². The molecule has 6 rings (SSSR count). The van der Waals surface area contributed by atoms with Gasteiger partial charge in [-0.25, -0.2) is 15.0 Å². The number of anilines is 2. The number of rotatable bonds is 4. The van der Waals surface area contributed by atoms with E-state index in [4.69, 9.17) is 9.97 Å². The Bertz CT molecular complexity index is 1290. The van der Waals surface area contributed by atoms with Gasteiger partial charge in [0.05, 0.1) is 15.9 Å². The van der Waals surface area contributed by atoms with Crippen LogP contribution in [0.5, 0.6) is 0 Å². The van der Waals surface area contributed by atoms with Crippen LogP contribution in [0.1, 0.15) is 24.1 Å². The van der Waals surface area contributed by atoms with Gasteiger partial charge in [0.25, 0.3) is 0 Å². The fourth-order valence-corrected chi connectivity index (χ4v) is 5.76.